The minimum atomic E-state index is -0.637. The summed E-state index contributed by atoms with van der Waals surface area (Å²) >= 11 is 0. The van der Waals surface area contributed by atoms with Crippen LogP contribution in [0.15, 0.2) is 48.5 Å². The lowest BCUT2D eigenvalue weighted by molar-refractivity contribution is -0.137. The van der Waals surface area contributed by atoms with Crippen LogP contribution < -0.4 is 0 Å². The van der Waals surface area contributed by atoms with E-state index >= 15 is 0 Å². The van der Waals surface area contributed by atoms with Gasteiger partial charge in [0.25, 0.3) is 0 Å². The highest BCUT2D eigenvalue weighted by molar-refractivity contribution is 5.87. The zero-order chi connectivity index (χ0) is 25.4. The van der Waals surface area contributed by atoms with Crippen LogP contribution in [0.5, 0.6) is 0 Å². The normalized spacial score (nSPS) is 20.3. The lowest BCUT2D eigenvalue weighted by Gasteiger charge is -2.27. The molecule has 5 nitrogen and oxygen atoms in total. The molecular weight excluding hydrogens is 445 g/mol. The van der Waals surface area contributed by atoms with E-state index in [9.17, 15) is 14.3 Å². The summed E-state index contributed by atoms with van der Waals surface area (Å²) in [6, 6.07) is 13.4. The number of benzene rings is 2. The molecule has 0 spiro atoms. The van der Waals surface area contributed by atoms with E-state index in [1.807, 2.05) is 43.3 Å². The van der Waals surface area contributed by atoms with Crippen molar-refractivity contribution in [3.05, 3.63) is 76.6 Å². The van der Waals surface area contributed by atoms with E-state index in [2.05, 4.69) is 11.8 Å². The van der Waals surface area contributed by atoms with Crippen LogP contribution in [0, 0.1) is 18.7 Å². The highest BCUT2D eigenvalue weighted by Crippen LogP contribution is 2.27. The van der Waals surface area contributed by atoms with Gasteiger partial charge in [-0.1, -0.05) is 43.3 Å². The number of hydrogen-bond donors (Lipinski definition) is 1. The van der Waals surface area contributed by atoms with Gasteiger partial charge in [-0.2, -0.15) is 0 Å². The van der Waals surface area contributed by atoms with Crippen LogP contribution >= 0.6 is 0 Å². The van der Waals surface area contributed by atoms with E-state index in [0.29, 0.717) is 24.6 Å². The van der Waals surface area contributed by atoms with Gasteiger partial charge in [-0.15, -0.1) is 0 Å². The Morgan fingerprint density at radius 1 is 1.29 bits per heavy atom. The monoisotopic (exact) mass is 483 g/mol. The van der Waals surface area contributed by atoms with Crippen LogP contribution in [0.3, 0.4) is 0 Å². The Balaban J connectivity index is 1.56. The fourth-order valence-corrected chi connectivity index (χ4v) is 4.76. The molecule has 6 heteroatoms. The average molecular weight is 484 g/mol. The molecule has 35 heavy (non-hydrogen) atoms. The number of halogens is 1. The predicted octanol–water partition coefficient (Wildman–Crippen LogP) is 5.10. The Kier molecular flexibility index (Phi) is 10.0. The summed E-state index contributed by atoms with van der Waals surface area (Å²) in [5.41, 5.74) is 3.46. The first kappa shape index (κ1) is 27.1. The third-order valence-electron chi connectivity index (χ3n) is 6.55. The van der Waals surface area contributed by atoms with Gasteiger partial charge in [0, 0.05) is 25.2 Å². The summed E-state index contributed by atoms with van der Waals surface area (Å²) < 4.78 is 25.0. The first-order valence-electron chi connectivity index (χ1n) is 12.5. The van der Waals surface area contributed by atoms with Crippen molar-refractivity contribution in [2.45, 2.75) is 58.8 Å². The summed E-state index contributed by atoms with van der Waals surface area (Å²) in [5, 5.41) is 10.8. The molecular formula is C29H38FNO4. The van der Waals surface area contributed by atoms with Gasteiger partial charge in [-0.05, 0) is 73.9 Å². The Hall–Kier alpha value is -2.54. The maximum Gasteiger partial charge on any atom is 0.330 e. The van der Waals surface area contributed by atoms with Gasteiger partial charge in [0.15, 0.2) is 0 Å². The fourth-order valence-electron chi connectivity index (χ4n) is 4.76. The summed E-state index contributed by atoms with van der Waals surface area (Å²) in [6.07, 6.45) is 4.05. The van der Waals surface area contributed by atoms with Crippen molar-refractivity contribution in [1.29, 1.82) is 0 Å². The van der Waals surface area contributed by atoms with Gasteiger partial charge in [-0.25, -0.2) is 9.18 Å². The Bertz CT molecular complexity index is 1010. The van der Waals surface area contributed by atoms with E-state index in [1.165, 1.54) is 6.08 Å². The number of carbonyl (C=O) groups is 1. The van der Waals surface area contributed by atoms with Gasteiger partial charge < -0.3 is 14.6 Å². The van der Waals surface area contributed by atoms with E-state index in [0.717, 1.165) is 36.1 Å². The Labute approximate surface area is 208 Å². The number of esters is 1. The number of carbonyl (C=O) groups excluding carboxylic acids is 1. The fraction of sp³-hybridized carbons (Fsp3) is 0.483. The molecule has 1 heterocycles. The molecule has 2 aromatic carbocycles. The Morgan fingerprint density at radius 3 is 2.80 bits per heavy atom. The molecule has 1 N–H and O–H groups in total. The summed E-state index contributed by atoms with van der Waals surface area (Å²) in [7, 11) is 0. The quantitative estimate of drug-likeness (QED) is 0.356. The number of hydrogen-bond acceptors (Lipinski definition) is 5. The zero-order valence-corrected chi connectivity index (χ0v) is 21.2. The van der Waals surface area contributed by atoms with Crippen LogP contribution in [-0.2, 0) is 20.7 Å². The van der Waals surface area contributed by atoms with Crippen molar-refractivity contribution >= 4 is 12.0 Å². The van der Waals surface area contributed by atoms with Crippen LogP contribution in [0.2, 0.25) is 0 Å². The third kappa shape index (κ3) is 7.99. The van der Waals surface area contributed by atoms with Crippen LogP contribution in [0.25, 0.3) is 6.08 Å². The molecule has 0 saturated carbocycles. The molecule has 2 aromatic rings. The lowest BCUT2D eigenvalue weighted by Crippen LogP contribution is -2.39. The van der Waals surface area contributed by atoms with Gasteiger partial charge in [0.1, 0.15) is 5.82 Å². The van der Waals surface area contributed by atoms with Gasteiger partial charge in [0.2, 0.25) is 0 Å². The van der Waals surface area contributed by atoms with Crippen LogP contribution in [-0.4, -0.2) is 54.4 Å². The minimum Gasteiger partial charge on any atom is -0.463 e. The molecule has 0 aliphatic carbocycles. The van der Waals surface area contributed by atoms with E-state index < -0.39 is 6.10 Å². The van der Waals surface area contributed by atoms with Gasteiger partial charge >= 0.3 is 5.97 Å². The number of aliphatic hydroxyl groups is 1. The summed E-state index contributed by atoms with van der Waals surface area (Å²) in [5.74, 6) is -0.0191. The van der Waals surface area contributed by atoms with E-state index in [-0.39, 0.29) is 30.5 Å². The molecule has 4 atom stereocenters. The molecule has 1 aliphatic heterocycles. The number of β-amino-alcohol motifs (C(OH)–C–C–N with tert-alkyl or cyclic N) is 1. The summed E-state index contributed by atoms with van der Waals surface area (Å²) in [6.45, 7) is 9.66. The second-order valence-electron chi connectivity index (χ2n) is 9.58. The molecule has 0 radical (unpaired) electrons. The predicted molar refractivity (Wildman–Crippen MR) is 136 cm³/mol. The largest absolute Gasteiger partial charge is 0.463 e. The molecule has 190 valence electrons. The number of ether oxygens (including phenoxy) is 2. The molecule has 1 saturated heterocycles. The highest BCUT2D eigenvalue weighted by atomic mass is 19.1. The van der Waals surface area contributed by atoms with Crippen molar-refractivity contribution in [2.24, 2.45) is 5.92 Å². The van der Waals surface area contributed by atoms with Gasteiger partial charge in [-0.3, -0.25) is 4.90 Å². The lowest BCUT2D eigenvalue weighted by atomic mass is 10.00. The molecule has 0 amide bonds. The standard InChI is InChI=1S/C29H38FNO4/c1-5-34-29(33)13-12-24-8-6-7-9-27(24)22(4)35-19-26(32)18-31-17-20(2)14-25(31)15-23-11-10-21(3)28(30)16-23/h6-13,16,20,22,25-26,32H,5,14-15,17-19H2,1-4H3/t20-,22-,25+,26-/m1/s1. The maximum atomic E-state index is 14.0. The van der Waals surface area contributed by atoms with Crippen molar-refractivity contribution in [1.82, 2.24) is 4.90 Å². The van der Waals surface area contributed by atoms with E-state index in [1.54, 1.807) is 26.0 Å². The van der Waals surface area contributed by atoms with Crippen molar-refractivity contribution in [3.8, 4) is 0 Å². The van der Waals surface area contributed by atoms with Gasteiger partial charge in [0.05, 0.1) is 25.4 Å². The number of aryl methyl sites for hydroxylation is 1. The first-order chi connectivity index (χ1) is 16.8. The average Bonchev–Trinajstić information content (AvgIpc) is 3.17. The van der Waals surface area contributed by atoms with Crippen molar-refractivity contribution in [3.63, 3.8) is 0 Å². The Morgan fingerprint density at radius 2 is 2.06 bits per heavy atom. The zero-order valence-electron chi connectivity index (χ0n) is 21.2. The first-order valence-corrected chi connectivity index (χ1v) is 12.5. The number of rotatable bonds is 11. The summed E-state index contributed by atoms with van der Waals surface area (Å²) in [4.78, 5) is 14.0. The molecule has 3 rings (SSSR count). The van der Waals surface area contributed by atoms with Crippen LogP contribution in [0.1, 0.15) is 55.5 Å². The SMILES string of the molecule is CCOC(=O)C=Cc1ccccc1[C@@H](C)OC[C@H](O)CN1C[C@H](C)C[C@H]1Cc1ccc(C)c(F)c1. The molecule has 0 bridgehead atoms. The van der Waals surface area contributed by atoms with Crippen LogP contribution in [0.4, 0.5) is 4.39 Å². The number of likely N-dealkylation sites (tertiary alicyclic amines) is 1. The van der Waals surface area contributed by atoms with E-state index in [4.69, 9.17) is 9.47 Å². The van der Waals surface area contributed by atoms with Crippen molar-refractivity contribution in [2.75, 3.05) is 26.3 Å². The minimum absolute atomic E-state index is 0.167. The maximum absolute atomic E-state index is 14.0. The topological polar surface area (TPSA) is 59.0 Å². The molecule has 0 unspecified atom stereocenters. The number of nitrogens with zero attached hydrogens (tertiary/aromatic N) is 1. The van der Waals surface area contributed by atoms with Crippen molar-refractivity contribution < 1.29 is 23.8 Å². The number of aliphatic hydroxyl groups excluding tert-OH is 1. The molecule has 1 fully saturated rings. The molecule has 1 aliphatic rings. The second-order valence-corrected chi connectivity index (χ2v) is 9.58. The highest BCUT2D eigenvalue weighted by Gasteiger charge is 2.31. The second kappa shape index (κ2) is 13.0. The smallest absolute Gasteiger partial charge is 0.330 e. The molecule has 0 aromatic heterocycles. The third-order valence-corrected chi connectivity index (χ3v) is 6.55.